The lowest BCUT2D eigenvalue weighted by Gasteiger charge is -2.32. The first kappa shape index (κ1) is 26.3. The summed E-state index contributed by atoms with van der Waals surface area (Å²) in [5.74, 6) is -0.803. The Kier molecular flexibility index (Phi) is 9.28. The molecule has 2 unspecified atom stereocenters. The lowest BCUT2D eigenvalue weighted by molar-refractivity contribution is -0.140. The molecular weight excluding hydrogens is 458 g/mol. The number of aliphatic carboxylic acids is 1. The molecule has 0 spiro atoms. The van der Waals surface area contributed by atoms with Crippen molar-refractivity contribution in [1.82, 2.24) is 20.1 Å². The summed E-state index contributed by atoms with van der Waals surface area (Å²) in [5, 5.41) is 16.1. The molecule has 2 aliphatic heterocycles. The number of nitrogens with zero attached hydrogens (tertiary/aromatic N) is 3. The van der Waals surface area contributed by atoms with Crippen molar-refractivity contribution in [2.45, 2.75) is 38.4 Å². The number of carbonyl (C=O) groups is 2. The molecule has 2 aliphatic rings. The fourth-order valence-corrected chi connectivity index (χ4v) is 4.90. The molecule has 2 heterocycles. The number of amides is 2. The highest BCUT2D eigenvalue weighted by Gasteiger charge is 2.44. The Morgan fingerprint density at radius 2 is 1.88 bits per heavy atom. The first-order valence-electron chi connectivity index (χ1n) is 10.5. The molecular formula is C20H32ClN5O5S. The van der Waals surface area contributed by atoms with Gasteiger partial charge in [0.05, 0.1) is 6.26 Å². The molecule has 2 amide bonds. The zero-order valence-electron chi connectivity index (χ0n) is 18.3. The molecule has 2 fully saturated rings. The summed E-state index contributed by atoms with van der Waals surface area (Å²) in [7, 11) is -3.74. The number of halogens is 1. The molecule has 1 aromatic rings. The van der Waals surface area contributed by atoms with Crippen LogP contribution in [0.4, 0.5) is 10.5 Å². The minimum absolute atomic E-state index is 0. The quantitative estimate of drug-likeness (QED) is 0.478. The number of para-hydroxylation sites is 1. The van der Waals surface area contributed by atoms with Crippen LogP contribution in [0.1, 0.15) is 26.2 Å². The van der Waals surface area contributed by atoms with Gasteiger partial charge in [0.25, 0.3) is 0 Å². The number of benzene rings is 1. The second-order valence-corrected chi connectivity index (χ2v) is 9.91. The van der Waals surface area contributed by atoms with Gasteiger partial charge < -0.3 is 10.4 Å². The Morgan fingerprint density at radius 3 is 2.44 bits per heavy atom. The third kappa shape index (κ3) is 6.55. The van der Waals surface area contributed by atoms with Gasteiger partial charge in [-0.05, 0) is 57.3 Å². The largest absolute Gasteiger partial charge is 0.480 e. The first-order valence-corrected chi connectivity index (χ1v) is 12.4. The van der Waals surface area contributed by atoms with E-state index < -0.39 is 28.2 Å². The van der Waals surface area contributed by atoms with E-state index in [2.05, 4.69) is 10.0 Å². The Morgan fingerprint density at radius 1 is 1.25 bits per heavy atom. The average molecular weight is 490 g/mol. The van der Waals surface area contributed by atoms with Crippen molar-refractivity contribution in [3.8, 4) is 0 Å². The third-order valence-electron chi connectivity index (χ3n) is 5.81. The predicted molar refractivity (Wildman–Crippen MR) is 124 cm³/mol. The molecule has 0 saturated carbocycles. The molecule has 2 atom stereocenters. The average Bonchev–Trinajstić information content (AvgIpc) is 2.95. The maximum Gasteiger partial charge on any atom is 0.340 e. The van der Waals surface area contributed by atoms with Crippen LogP contribution in [0, 0.1) is 5.92 Å². The smallest absolute Gasteiger partial charge is 0.340 e. The van der Waals surface area contributed by atoms with E-state index in [1.165, 1.54) is 0 Å². The van der Waals surface area contributed by atoms with Crippen molar-refractivity contribution < 1.29 is 23.1 Å². The molecule has 0 radical (unpaired) electrons. The lowest BCUT2D eigenvalue weighted by Crippen LogP contribution is -2.53. The molecule has 32 heavy (non-hydrogen) atoms. The zero-order chi connectivity index (χ0) is 22.6. The number of rotatable bonds is 9. The maximum absolute atomic E-state index is 13.3. The number of carboxylic acid groups (broad SMARTS) is 1. The van der Waals surface area contributed by atoms with Gasteiger partial charge in [0, 0.05) is 18.8 Å². The molecule has 0 aliphatic carbocycles. The van der Waals surface area contributed by atoms with Gasteiger partial charge >= 0.3 is 12.0 Å². The molecule has 3 rings (SSSR count). The van der Waals surface area contributed by atoms with Gasteiger partial charge in [-0.15, -0.1) is 12.4 Å². The van der Waals surface area contributed by atoms with Crippen LogP contribution in [0.3, 0.4) is 0 Å². The van der Waals surface area contributed by atoms with E-state index in [0.29, 0.717) is 18.2 Å². The van der Waals surface area contributed by atoms with E-state index >= 15 is 0 Å². The van der Waals surface area contributed by atoms with Gasteiger partial charge in [-0.3, -0.25) is 14.7 Å². The summed E-state index contributed by atoms with van der Waals surface area (Å²) in [6, 6.07) is 7.57. The summed E-state index contributed by atoms with van der Waals surface area (Å²) in [6.45, 7) is 4.00. The second kappa shape index (κ2) is 11.3. The number of nitrogens with one attached hydrogen (secondary N) is 2. The van der Waals surface area contributed by atoms with Crippen LogP contribution in [0.25, 0.3) is 0 Å². The Labute approximate surface area is 195 Å². The SMILES string of the molecule is CC1N(c2ccccc2)C(=O)N(CCC2CCNCC2)N1CC(NS(C)(=O)=O)C(=O)O.Cl. The highest BCUT2D eigenvalue weighted by atomic mass is 35.5. The van der Waals surface area contributed by atoms with Gasteiger partial charge in [0.1, 0.15) is 12.2 Å². The number of carboxylic acids is 1. The van der Waals surface area contributed by atoms with Gasteiger partial charge in [-0.1, -0.05) is 18.2 Å². The number of urea groups is 1. The van der Waals surface area contributed by atoms with Crippen molar-refractivity contribution in [3.63, 3.8) is 0 Å². The van der Waals surface area contributed by atoms with E-state index in [1.54, 1.807) is 14.9 Å². The van der Waals surface area contributed by atoms with E-state index in [9.17, 15) is 23.1 Å². The van der Waals surface area contributed by atoms with E-state index in [-0.39, 0.29) is 25.0 Å². The number of hydrazine groups is 1. The molecule has 2 saturated heterocycles. The molecule has 3 N–H and O–H groups in total. The minimum Gasteiger partial charge on any atom is -0.480 e. The van der Waals surface area contributed by atoms with Crippen molar-refractivity contribution in [2.24, 2.45) is 5.92 Å². The van der Waals surface area contributed by atoms with Crippen molar-refractivity contribution in [3.05, 3.63) is 30.3 Å². The molecule has 10 nitrogen and oxygen atoms in total. The maximum atomic E-state index is 13.3. The Balaban J connectivity index is 0.00000363. The summed E-state index contributed by atoms with van der Waals surface area (Å²) >= 11 is 0. The second-order valence-electron chi connectivity index (χ2n) is 8.13. The molecule has 1 aromatic carbocycles. The van der Waals surface area contributed by atoms with Gasteiger partial charge in [0.2, 0.25) is 10.0 Å². The van der Waals surface area contributed by atoms with Crippen molar-refractivity contribution in [2.75, 3.05) is 37.3 Å². The molecule has 0 bridgehead atoms. The van der Waals surface area contributed by atoms with Crippen LogP contribution < -0.4 is 14.9 Å². The molecule has 12 heteroatoms. The Bertz CT molecular complexity index is 882. The zero-order valence-corrected chi connectivity index (χ0v) is 19.9. The number of sulfonamides is 1. The van der Waals surface area contributed by atoms with Crippen LogP contribution in [0.2, 0.25) is 0 Å². The fraction of sp³-hybridized carbons (Fsp3) is 0.600. The summed E-state index contributed by atoms with van der Waals surface area (Å²) < 4.78 is 25.5. The first-order chi connectivity index (χ1) is 14.7. The summed E-state index contributed by atoms with van der Waals surface area (Å²) in [6.07, 6.45) is 3.33. The number of hydrogen-bond donors (Lipinski definition) is 3. The lowest BCUT2D eigenvalue weighted by atomic mass is 9.95. The topological polar surface area (TPSA) is 122 Å². The van der Waals surface area contributed by atoms with E-state index in [0.717, 1.165) is 38.6 Å². The number of carbonyl (C=O) groups excluding carboxylic acids is 1. The predicted octanol–water partition coefficient (Wildman–Crippen LogP) is 1.31. The highest BCUT2D eigenvalue weighted by Crippen LogP contribution is 2.29. The van der Waals surface area contributed by atoms with E-state index in [4.69, 9.17) is 0 Å². The standard InChI is InChI=1S/C20H31N5O5S.ClH/c1-15-24(14-18(19(26)27)22-31(2,29)30)23(13-10-16-8-11-21-12-9-16)20(28)25(15)17-6-4-3-5-7-17;/h3-7,15-16,18,21-22H,8-14H2,1-2H3,(H,26,27);1H. The Hall–Kier alpha value is -1.92. The molecule has 0 aromatic heterocycles. The summed E-state index contributed by atoms with van der Waals surface area (Å²) in [5.41, 5.74) is 0.706. The van der Waals surface area contributed by atoms with Gasteiger partial charge in [0.15, 0.2) is 0 Å². The highest BCUT2D eigenvalue weighted by molar-refractivity contribution is 7.88. The molecule has 180 valence electrons. The van der Waals surface area contributed by atoms with Crippen molar-refractivity contribution >= 4 is 40.1 Å². The summed E-state index contributed by atoms with van der Waals surface area (Å²) in [4.78, 5) is 26.7. The fourth-order valence-electron chi connectivity index (χ4n) is 4.21. The number of hydrogen-bond acceptors (Lipinski definition) is 6. The third-order valence-corrected chi connectivity index (χ3v) is 6.52. The van der Waals surface area contributed by atoms with Gasteiger partial charge in [-0.2, -0.15) is 9.73 Å². The van der Waals surface area contributed by atoms with Crippen LogP contribution in [0.15, 0.2) is 30.3 Å². The number of anilines is 1. The van der Waals surface area contributed by atoms with Gasteiger partial charge in [-0.25, -0.2) is 13.2 Å². The van der Waals surface area contributed by atoms with Crippen LogP contribution in [-0.2, 0) is 14.8 Å². The van der Waals surface area contributed by atoms with Crippen LogP contribution in [-0.4, -0.2) is 80.2 Å². The van der Waals surface area contributed by atoms with E-state index in [1.807, 2.05) is 37.3 Å². The number of piperidine rings is 1. The van der Waals surface area contributed by atoms with Crippen LogP contribution >= 0.6 is 12.4 Å². The minimum atomic E-state index is -3.74. The monoisotopic (exact) mass is 489 g/mol. The normalized spacial score (nSPS) is 21.4. The van der Waals surface area contributed by atoms with Crippen molar-refractivity contribution in [1.29, 1.82) is 0 Å². The van der Waals surface area contributed by atoms with Crippen LogP contribution in [0.5, 0.6) is 0 Å².